The molecule has 1 aromatic carbocycles. The highest BCUT2D eigenvalue weighted by molar-refractivity contribution is 14.0. The van der Waals surface area contributed by atoms with E-state index in [1.807, 2.05) is 16.9 Å². The summed E-state index contributed by atoms with van der Waals surface area (Å²) in [5.74, 6) is 0.657. The van der Waals surface area contributed by atoms with Crippen LogP contribution in [0.5, 0.6) is 0 Å². The molecule has 1 saturated heterocycles. The number of amides is 1. The number of nitrogens with two attached hydrogens (primary N) is 1. The van der Waals surface area contributed by atoms with Gasteiger partial charge in [0.15, 0.2) is 5.96 Å². The Bertz CT molecular complexity index is 808. The maximum Gasteiger partial charge on any atom is 0.221 e. The van der Waals surface area contributed by atoms with Gasteiger partial charge in [-0.15, -0.1) is 24.0 Å². The van der Waals surface area contributed by atoms with E-state index in [0.29, 0.717) is 0 Å². The normalized spacial score (nSPS) is 17.1. The number of guanidine groups is 1. The van der Waals surface area contributed by atoms with Crippen LogP contribution in [-0.2, 0) is 11.2 Å². The van der Waals surface area contributed by atoms with Crippen LogP contribution in [0.1, 0.15) is 24.8 Å². The van der Waals surface area contributed by atoms with Crippen molar-refractivity contribution in [1.29, 1.82) is 0 Å². The van der Waals surface area contributed by atoms with Crippen molar-refractivity contribution in [3.05, 3.63) is 48.3 Å². The summed E-state index contributed by atoms with van der Waals surface area (Å²) in [7, 11) is 1.79. The van der Waals surface area contributed by atoms with Gasteiger partial charge in [-0.25, -0.2) is 4.68 Å². The number of benzene rings is 1. The summed E-state index contributed by atoms with van der Waals surface area (Å²) in [6.07, 6.45) is 7.61. The van der Waals surface area contributed by atoms with E-state index in [1.165, 1.54) is 5.56 Å². The molecule has 31 heavy (non-hydrogen) atoms. The molecule has 0 spiro atoms. The monoisotopic (exact) mass is 539 g/mol. The molecule has 9 heteroatoms. The van der Waals surface area contributed by atoms with Crippen LogP contribution in [0, 0.1) is 5.92 Å². The quantitative estimate of drug-likeness (QED) is 0.195. The standard InChI is InChI=1S/C22H33N7O.HI/c1-24-22(25-11-3-15-28-14-2-5-19(17-28)21(23)30)26-13-10-18-6-8-20(9-7-18)29-16-4-12-27-29;/h4,6-9,12,16,19H,2-3,5,10-11,13-15,17H2,1H3,(H2,23,30)(H2,24,25,26);1H. The van der Waals surface area contributed by atoms with Gasteiger partial charge in [-0.05, 0) is 62.5 Å². The fourth-order valence-corrected chi connectivity index (χ4v) is 3.78. The number of nitrogens with one attached hydrogen (secondary N) is 2. The predicted octanol–water partition coefficient (Wildman–Crippen LogP) is 1.79. The van der Waals surface area contributed by atoms with E-state index in [2.05, 4.69) is 49.9 Å². The molecule has 1 aliphatic heterocycles. The molecule has 0 aliphatic carbocycles. The highest BCUT2D eigenvalue weighted by Crippen LogP contribution is 2.15. The number of rotatable bonds is 9. The van der Waals surface area contributed by atoms with Crippen LogP contribution in [0.3, 0.4) is 0 Å². The van der Waals surface area contributed by atoms with Crippen molar-refractivity contribution < 1.29 is 4.79 Å². The Kier molecular flexibility index (Phi) is 10.8. The molecule has 4 N–H and O–H groups in total. The van der Waals surface area contributed by atoms with Crippen LogP contribution in [0.2, 0.25) is 0 Å². The number of carbonyl (C=O) groups excluding carboxylic acids is 1. The smallest absolute Gasteiger partial charge is 0.221 e. The fourth-order valence-electron chi connectivity index (χ4n) is 3.78. The first kappa shape index (κ1) is 25.1. The Balaban J connectivity index is 0.00000341. The number of hydrogen-bond acceptors (Lipinski definition) is 4. The summed E-state index contributed by atoms with van der Waals surface area (Å²) in [4.78, 5) is 18.0. The zero-order chi connectivity index (χ0) is 21.2. The lowest BCUT2D eigenvalue weighted by Gasteiger charge is -2.31. The summed E-state index contributed by atoms with van der Waals surface area (Å²) in [6.45, 7) is 4.47. The summed E-state index contributed by atoms with van der Waals surface area (Å²) in [5.41, 5.74) is 7.78. The van der Waals surface area contributed by atoms with Crippen LogP contribution in [0.25, 0.3) is 5.69 Å². The maximum absolute atomic E-state index is 11.4. The lowest BCUT2D eigenvalue weighted by Crippen LogP contribution is -2.43. The lowest BCUT2D eigenvalue weighted by atomic mass is 9.97. The number of carbonyl (C=O) groups is 1. The third-order valence-electron chi connectivity index (χ3n) is 5.49. The Morgan fingerprint density at radius 3 is 2.71 bits per heavy atom. The Hall–Kier alpha value is -2.14. The van der Waals surface area contributed by atoms with Crippen LogP contribution >= 0.6 is 24.0 Å². The molecule has 0 saturated carbocycles. The van der Waals surface area contributed by atoms with Crippen molar-refractivity contribution in [3.63, 3.8) is 0 Å². The van der Waals surface area contributed by atoms with E-state index in [4.69, 9.17) is 5.73 Å². The van der Waals surface area contributed by atoms with Crippen molar-refractivity contribution in [2.45, 2.75) is 25.7 Å². The molecule has 3 rings (SSSR count). The third-order valence-corrected chi connectivity index (χ3v) is 5.49. The number of piperidine rings is 1. The van der Waals surface area contributed by atoms with Crippen molar-refractivity contribution in [3.8, 4) is 5.69 Å². The summed E-state index contributed by atoms with van der Waals surface area (Å²) in [5, 5.41) is 11.0. The summed E-state index contributed by atoms with van der Waals surface area (Å²) < 4.78 is 1.85. The minimum Gasteiger partial charge on any atom is -0.369 e. The van der Waals surface area contributed by atoms with Crippen LogP contribution in [0.4, 0.5) is 0 Å². The molecule has 2 aromatic rings. The number of likely N-dealkylation sites (tertiary alicyclic amines) is 1. The second-order valence-electron chi connectivity index (χ2n) is 7.69. The molecule has 0 bridgehead atoms. The second kappa shape index (κ2) is 13.3. The van der Waals surface area contributed by atoms with E-state index in [0.717, 1.165) is 70.1 Å². The second-order valence-corrected chi connectivity index (χ2v) is 7.69. The molecule has 170 valence electrons. The molecule has 1 unspecified atom stereocenters. The molecule has 1 aromatic heterocycles. The first-order chi connectivity index (χ1) is 14.7. The number of halogens is 1. The predicted molar refractivity (Wildman–Crippen MR) is 135 cm³/mol. The molecule has 1 fully saturated rings. The summed E-state index contributed by atoms with van der Waals surface area (Å²) >= 11 is 0. The van der Waals surface area contributed by atoms with Gasteiger partial charge in [-0.1, -0.05) is 12.1 Å². The Morgan fingerprint density at radius 2 is 2.03 bits per heavy atom. The molecule has 1 amide bonds. The van der Waals surface area contributed by atoms with Gasteiger partial charge in [0.25, 0.3) is 0 Å². The van der Waals surface area contributed by atoms with E-state index in [9.17, 15) is 4.79 Å². The largest absolute Gasteiger partial charge is 0.369 e. The Morgan fingerprint density at radius 1 is 1.26 bits per heavy atom. The highest BCUT2D eigenvalue weighted by Gasteiger charge is 2.23. The highest BCUT2D eigenvalue weighted by atomic mass is 127. The summed E-state index contributed by atoms with van der Waals surface area (Å²) in [6, 6.07) is 10.3. The fraction of sp³-hybridized carbons (Fsp3) is 0.500. The molecule has 2 heterocycles. The number of aliphatic imine (C=N–C) groups is 1. The van der Waals surface area contributed by atoms with Gasteiger partial charge in [-0.2, -0.15) is 5.10 Å². The van der Waals surface area contributed by atoms with Crippen molar-refractivity contribution in [2.75, 3.05) is 39.8 Å². The van der Waals surface area contributed by atoms with E-state index < -0.39 is 0 Å². The number of nitrogens with zero attached hydrogens (tertiary/aromatic N) is 4. The SMILES string of the molecule is CN=C(NCCCN1CCCC(C(N)=O)C1)NCCc1ccc(-n2cccn2)cc1.I. The maximum atomic E-state index is 11.4. The zero-order valence-corrected chi connectivity index (χ0v) is 20.5. The number of primary amides is 1. The molecule has 1 aliphatic rings. The van der Waals surface area contributed by atoms with Gasteiger partial charge < -0.3 is 21.3 Å². The first-order valence-electron chi connectivity index (χ1n) is 10.7. The molecular weight excluding hydrogens is 505 g/mol. The molecule has 0 radical (unpaired) electrons. The van der Waals surface area contributed by atoms with Crippen molar-refractivity contribution in [2.24, 2.45) is 16.6 Å². The lowest BCUT2D eigenvalue weighted by molar-refractivity contribution is -0.123. The Labute approximate surface area is 201 Å². The molecular formula is C22H34IN7O. The van der Waals surface area contributed by atoms with Crippen LogP contribution < -0.4 is 16.4 Å². The minimum atomic E-state index is -0.168. The average Bonchev–Trinajstić information content (AvgIpc) is 3.31. The minimum absolute atomic E-state index is 0. The first-order valence-corrected chi connectivity index (χ1v) is 10.7. The van der Waals surface area contributed by atoms with E-state index in [1.54, 1.807) is 13.2 Å². The van der Waals surface area contributed by atoms with Gasteiger partial charge in [0.2, 0.25) is 5.91 Å². The van der Waals surface area contributed by atoms with Crippen molar-refractivity contribution in [1.82, 2.24) is 25.3 Å². The van der Waals surface area contributed by atoms with Gasteiger partial charge in [0, 0.05) is 39.1 Å². The molecule has 8 nitrogen and oxygen atoms in total. The average molecular weight is 539 g/mol. The number of aromatic nitrogens is 2. The van der Waals surface area contributed by atoms with Crippen LogP contribution in [-0.4, -0.2) is 66.3 Å². The van der Waals surface area contributed by atoms with E-state index >= 15 is 0 Å². The molecule has 1 atom stereocenters. The van der Waals surface area contributed by atoms with Gasteiger partial charge >= 0.3 is 0 Å². The van der Waals surface area contributed by atoms with Gasteiger partial charge in [0.05, 0.1) is 11.6 Å². The van der Waals surface area contributed by atoms with E-state index in [-0.39, 0.29) is 35.8 Å². The third kappa shape index (κ3) is 8.13. The zero-order valence-electron chi connectivity index (χ0n) is 18.2. The topological polar surface area (TPSA) is 101 Å². The van der Waals surface area contributed by atoms with Gasteiger partial charge in [-0.3, -0.25) is 9.79 Å². The van der Waals surface area contributed by atoms with Crippen molar-refractivity contribution >= 4 is 35.8 Å². The van der Waals surface area contributed by atoms with Crippen LogP contribution in [0.15, 0.2) is 47.7 Å². The van der Waals surface area contributed by atoms with Gasteiger partial charge in [0.1, 0.15) is 0 Å². The number of hydrogen-bond donors (Lipinski definition) is 3.